The van der Waals surface area contributed by atoms with Crippen LogP contribution in [0.15, 0.2) is 0 Å². The van der Waals surface area contributed by atoms with Crippen molar-refractivity contribution in [3.8, 4) is 0 Å². The quantitative estimate of drug-likeness (QED) is 0.546. The SMILES string of the molecule is O=C(O)C1CN2CCCC2CNC1=O. The normalized spacial score (nSPS) is 33.3. The highest BCUT2D eigenvalue weighted by Crippen LogP contribution is 2.20. The lowest BCUT2D eigenvalue weighted by atomic mass is 10.1. The van der Waals surface area contributed by atoms with Crippen LogP contribution in [0, 0.1) is 5.92 Å². The lowest BCUT2D eigenvalue weighted by Gasteiger charge is -2.21. The van der Waals surface area contributed by atoms with Crippen molar-refractivity contribution in [2.24, 2.45) is 5.92 Å². The van der Waals surface area contributed by atoms with Crippen molar-refractivity contribution >= 4 is 11.9 Å². The monoisotopic (exact) mass is 198 g/mol. The second kappa shape index (κ2) is 3.57. The maximum absolute atomic E-state index is 11.4. The van der Waals surface area contributed by atoms with E-state index in [1.165, 1.54) is 0 Å². The van der Waals surface area contributed by atoms with Gasteiger partial charge in [0.05, 0.1) is 0 Å². The molecule has 2 atom stereocenters. The first-order valence-corrected chi connectivity index (χ1v) is 4.93. The first-order valence-electron chi connectivity index (χ1n) is 4.93. The standard InChI is InChI=1S/C9H14N2O3/c12-8-7(9(13)14)5-11-3-1-2-6(11)4-10-8/h6-7H,1-5H2,(H,10,12)(H,13,14). The van der Waals surface area contributed by atoms with Crippen LogP contribution in [-0.4, -0.2) is 47.6 Å². The molecule has 1 amide bonds. The third-order valence-corrected chi connectivity index (χ3v) is 3.04. The van der Waals surface area contributed by atoms with Crippen LogP contribution in [0.1, 0.15) is 12.8 Å². The molecule has 5 nitrogen and oxygen atoms in total. The van der Waals surface area contributed by atoms with Gasteiger partial charge in [-0.25, -0.2) is 0 Å². The minimum Gasteiger partial charge on any atom is -0.481 e. The summed E-state index contributed by atoms with van der Waals surface area (Å²) in [4.78, 5) is 24.3. The van der Waals surface area contributed by atoms with Crippen LogP contribution in [0.4, 0.5) is 0 Å². The molecule has 0 aromatic heterocycles. The first kappa shape index (κ1) is 9.45. The van der Waals surface area contributed by atoms with Crippen LogP contribution >= 0.6 is 0 Å². The number of carbonyl (C=O) groups excluding carboxylic acids is 1. The summed E-state index contributed by atoms with van der Waals surface area (Å²) in [6, 6.07) is 0.350. The number of aliphatic carboxylic acids is 1. The van der Waals surface area contributed by atoms with E-state index < -0.39 is 11.9 Å². The Labute approximate surface area is 82.1 Å². The van der Waals surface area contributed by atoms with E-state index in [4.69, 9.17) is 5.11 Å². The molecule has 2 aliphatic rings. The van der Waals surface area contributed by atoms with Crippen LogP contribution in [0.3, 0.4) is 0 Å². The smallest absolute Gasteiger partial charge is 0.317 e. The molecule has 2 unspecified atom stereocenters. The molecule has 0 saturated carbocycles. The average Bonchev–Trinajstić information content (AvgIpc) is 2.51. The number of carboxylic acids is 1. The highest BCUT2D eigenvalue weighted by molar-refractivity contribution is 5.97. The zero-order valence-electron chi connectivity index (χ0n) is 7.90. The number of hydrogen-bond donors (Lipinski definition) is 2. The van der Waals surface area contributed by atoms with Gasteiger partial charge >= 0.3 is 5.97 Å². The Bertz CT molecular complexity index is 267. The molecule has 0 aliphatic carbocycles. The maximum Gasteiger partial charge on any atom is 0.317 e. The third kappa shape index (κ3) is 1.59. The summed E-state index contributed by atoms with van der Waals surface area (Å²) in [5.41, 5.74) is 0. The van der Waals surface area contributed by atoms with E-state index in [2.05, 4.69) is 10.2 Å². The van der Waals surface area contributed by atoms with Gasteiger partial charge in [-0.15, -0.1) is 0 Å². The number of hydrogen-bond acceptors (Lipinski definition) is 3. The Hall–Kier alpha value is -1.10. The van der Waals surface area contributed by atoms with E-state index in [0.29, 0.717) is 19.1 Å². The van der Waals surface area contributed by atoms with Gasteiger partial charge in [-0.1, -0.05) is 0 Å². The third-order valence-electron chi connectivity index (χ3n) is 3.04. The predicted octanol–water partition coefficient (Wildman–Crippen LogP) is -0.719. The van der Waals surface area contributed by atoms with Crippen molar-refractivity contribution in [3.05, 3.63) is 0 Å². The Balaban J connectivity index is 2.11. The summed E-state index contributed by atoms with van der Waals surface area (Å²) < 4.78 is 0. The summed E-state index contributed by atoms with van der Waals surface area (Å²) >= 11 is 0. The maximum atomic E-state index is 11.4. The Morgan fingerprint density at radius 2 is 2.36 bits per heavy atom. The number of fused-ring (bicyclic) bond motifs is 1. The molecular weight excluding hydrogens is 184 g/mol. The Morgan fingerprint density at radius 3 is 3.07 bits per heavy atom. The van der Waals surface area contributed by atoms with Crippen LogP contribution in [0.5, 0.6) is 0 Å². The van der Waals surface area contributed by atoms with Crippen LogP contribution in [-0.2, 0) is 9.59 Å². The molecule has 0 aromatic rings. The fraction of sp³-hybridized carbons (Fsp3) is 0.778. The number of nitrogens with zero attached hydrogens (tertiary/aromatic N) is 1. The summed E-state index contributed by atoms with van der Waals surface area (Å²) in [7, 11) is 0. The molecule has 78 valence electrons. The Morgan fingerprint density at radius 1 is 1.57 bits per heavy atom. The summed E-state index contributed by atoms with van der Waals surface area (Å²) in [6.45, 7) is 1.89. The number of carbonyl (C=O) groups is 2. The first-order chi connectivity index (χ1) is 6.68. The minimum atomic E-state index is -1.02. The zero-order valence-corrected chi connectivity index (χ0v) is 7.90. The second-order valence-corrected chi connectivity index (χ2v) is 3.93. The molecular formula is C9H14N2O3. The summed E-state index contributed by atoms with van der Waals surface area (Å²) in [5.74, 6) is -2.25. The minimum absolute atomic E-state index is 0.341. The van der Waals surface area contributed by atoms with E-state index in [1.807, 2.05) is 0 Å². The fourth-order valence-corrected chi connectivity index (χ4v) is 2.22. The molecule has 0 radical (unpaired) electrons. The van der Waals surface area contributed by atoms with Gasteiger partial charge in [0.1, 0.15) is 5.92 Å². The molecule has 2 fully saturated rings. The number of nitrogens with one attached hydrogen (secondary N) is 1. The molecule has 0 bridgehead atoms. The molecule has 0 spiro atoms. The molecule has 2 N–H and O–H groups in total. The van der Waals surface area contributed by atoms with Gasteiger partial charge in [0.2, 0.25) is 5.91 Å². The molecule has 0 aromatic carbocycles. The average molecular weight is 198 g/mol. The van der Waals surface area contributed by atoms with Gasteiger partial charge in [0, 0.05) is 19.1 Å². The highest BCUT2D eigenvalue weighted by Gasteiger charge is 2.36. The van der Waals surface area contributed by atoms with E-state index >= 15 is 0 Å². The lowest BCUT2D eigenvalue weighted by Crippen LogP contribution is -2.37. The number of rotatable bonds is 1. The van der Waals surface area contributed by atoms with Crippen molar-refractivity contribution in [1.82, 2.24) is 10.2 Å². The van der Waals surface area contributed by atoms with Crippen molar-refractivity contribution in [2.45, 2.75) is 18.9 Å². The van der Waals surface area contributed by atoms with Crippen molar-refractivity contribution in [3.63, 3.8) is 0 Å². The topological polar surface area (TPSA) is 69.6 Å². The molecule has 14 heavy (non-hydrogen) atoms. The Kier molecular flexibility index (Phi) is 2.41. The number of amides is 1. The molecule has 2 heterocycles. The van der Waals surface area contributed by atoms with Gasteiger partial charge in [-0.05, 0) is 19.4 Å². The van der Waals surface area contributed by atoms with Crippen LogP contribution in [0.25, 0.3) is 0 Å². The van der Waals surface area contributed by atoms with E-state index in [0.717, 1.165) is 19.4 Å². The predicted molar refractivity (Wildman–Crippen MR) is 48.7 cm³/mol. The van der Waals surface area contributed by atoms with Gasteiger partial charge < -0.3 is 10.4 Å². The van der Waals surface area contributed by atoms with E-state index in [-0.39, 0.29) is 5.91 Å². The molecule has 5 heteroatoms. The zero-order chi connectivity index (χ0) is 10.1. The van der Waals surface area contributed by atoms with Crippen molar-refractivity contribution in [1.29, 1.82) is 0 Å². The van der Waals surface area contributed by atoms with Crippen molar-refractivity contribution < 1.29 is 14.7 Å². The molecule has 2 aliphatic heterocycles. The van der Waals surface area contributed by atoms with E-state index in [9.17, 15) is 9.59 Å². The van der Waals surface area contributed by atoms with E-state index in [1.54, 1.807) is 0 Å². The van der Waals surface area contributed by atoms with Crippen LogP contribution in [0.2, 0.25) is 0 Å². The highest BCUT2D eigenvalue weighted by atomic mass is 16.4. The molecule has 2 rings (SSSR count). The van der Waals surface area contributed by atoms with Gasteiger partial charge in [-0.3, -0.25) is 14.5 Å². The number of carboxylic acid groups (broad SMARTS) is 1. The summed E-state index contributed by atoms with van der Waals surface area (Å²) in [6.07, 6.45) is 2.17. The van der Waals surface area contributed by atoms with Gasteiger partial charge in [-0.2, -0.15) is 0 Å². The van der Waals surface area contributed by atoms with Crippen LogP contribution < -0.4 is 5.32 Å². The lowest BCUT2D eigenvalue weighted by molar-refractivity contribution is -0.147. The van der Waals surface area contributed by atoms with Crippen molar-refractivity contribution in [2.75, 3.05) is 19.6 Å². The second-order valence-electron chi connectivity index (χ2n) is 3.93. The fourth-order valence-electron chi connectivity index (χ4n) is 2.22. The summed E-state index contributed by atoms with van der Waals surface area (Å²) in [5, 5.41) is 11.6. The largest absolute Gasteiger partial charge is 0.481 e. The van der Waals surface area contributed by atoms with Gasteiger partial charge in [0.15, 0.2) is 0 Å². The van der Waals surface area contributed by atoms with Gasteiger partial charge in [0.25, 0.3) is 0 Å². The molecule has 2 saturated heterocycles.